The van der Waals surface area contributed by atoms with E-state index in [0.29, 0.717) is 18.9 Å². The Balaban J connectivity index is 1.96. The molecule has 1 fully saturated rings. The average molecular weight is 250 g/mol. The van der Waals surface area contributed by atoms with E-state index in [1.54, 1.807) is 0 Å². The van der Waals surface area contributed by atoms with Crippen LogP contribution in [0, 0.1) is 17.1 Å². The summed E-state index contributed by atoms with van der Waals surface area (Å²) < 4.78 is 24.1. The quantitative estimate of drug-likeness (QED) is 0.882. The van der Waals surface area contributed by atoms with Crippen LogP contribution >= 0.6 is 0 Å². The summed E-state index contributed by atoms with van der Waals surface area (Å²) in [7, 11) is 0. The van der Waals surface area contributed by atoms with E-state index in [1.807, 2.05) is 13.0 Å². The maximum absolute atomic E-state index is 12.9. The maximum atomic E-state index is 12.9. The van der Waals surface area contributed by atoms with Crippen LogP contribution in [-0.4, -0.2) is 31.9 Å². The summed E-state index contributed by atoms with van der Waals surface area (Å²) in [6.07, 6.45) is 0.0985. The number of morpholine rings is 1. The first-order chi connectivity index (χ1) is 8.69. The molecule has 0 saturated carbocycles. The lowest BCUT2D eigenvalue weighted by molar-refractivity contribution is -0.0470. The molecule has 0 aliphatic carbocycles. The number of ether oxygens (including phenoxy) is 2. The second-order valence-corrected chi connectivity index (χ2v) is 4.29. The second kappa shape index (κ2) is 5.80. The lowest BCUT2D eigenvalue weighted by Gasteiger charge is -2.28. The zero-order valence-corrected chi connectivity index (χ0v) is 10.1. The van der Waals surface area contributed by atoms with Crippen molar-refractivity contribution in [2.75, 3.05) is 19.7 Å². The van der Waals surface area contributed by atoms with E-state index in [2.05, 4.69) is 5.32 Å². The van der Waals surface area contributed by atoms with Gasteiger partial charge in [-0.3, -0.25) is 0 Å². The highest BCUT2D eigenvalue weighted by atomic mass is 19.1. The molecular weight excluding hydrogens is 235 g/mol. The smallest absolute Gasteiger partial charge is 0.137 e. The molecule has 1 aliphatic rings. The third kappa shape index (κ3) is 3.19. The molecule has 0 radical (unpaired) electrons. The van der Waals surface area contributed by atoms with Crippen LogP contribution in [0.4, 0.5) is 4.39 Å². The summed E-state index contributed by atoms with van der Waals surface area (Å²) in [5.41, 5.74) is 0.201. The molecule has 0 bridgehead atoms. The minimum atomic E-state index is -0.442. The molecule has 0 spiro atoms. The molecule has 0 amide bonds. The monoisotopic (exact) mass is 250 g/mol. The van der Waals surface area contributed by atoms with Crippen molar-refractivity contribution in [3.8, 4) is 11.8 Å². The molecule has 1 aromatic rings. The molecule has 0 aromatic heterocycles. The number of hydrogen-bond acceptors (Lipinski definition) is 4. The van der Waals surface area contributed by atoms with Gasteiger partial charge in [-0.25, -0.2) is 4.39 Å². The predicted molar refractivity (Wildman–Crippen MR) is 63.8 cm³/mol. The van der Waals surface area contributed by atoms with Crippen molar-refractivity contribution in [1.82, 2.24) is 5.32 Å². The average Bonchev–Trinajstić information content (AvgIpc) is 2.37. The van der Waals surface area contributed by atoms with Crippen LogP contribution < -0.4 is 10.1 Å². The van der Waals surface area contributed by atoms with Gasteiger partial charge < -0.3 is 14.8 Å². The van der Waals surface area contributed by atoms with Gasteiger partial charge in [-0.1, -0.05) is 0 Å². The molecule has 2 unspecified atom stereocenters. The molecule has 4 nitrogen and oxygen atoms in total. The molecule has 2 rings (SSSR count). The molecule has 1 aromatic carbocycles. The van der Waals surface area contributed by atoms with Crippen molar-refractivity contribution < 1.29 is 13.9 Å². The minimum absolute atomic E-state index is 0.0506. The molecule has 1 aliphatic heterocycles. The van der Waals surface area contributed by atoms with E-state index >= 15 is 0 Å². The number of benzene rings is 1. The number of hydrogen-bond donors (Lipinski definition) is 1. The van der Waals surface area contributed by atoms with Gasteiger partial charge in [0.05, 0.1) is 11.7 Å². The lowest BCUT2D eigenvalue weighted by atomic mass is 10.2. The molecule has 96 valence electrons. The molecule has 2 atom stereocenters. The Bertz CT molecular complexity index is 459. The number of halogens is 1. The van der Waals surface area contributed by atoms with Gasteiger partial charge in [0.15, 0.2) is 0 Å². The van der Waals surface area contributed by atoms with Crippen molar-refractivity contribution in [3.05, 3.63) is 29.6 Å². The number of nitriles is 1. The van der Waals surface area contributed by atoms with Crippen molar-refractivity contribution in [2.24, 2.45) is 0 Å². The summed E-state index contributed by atoms with van der Waals surface area (Å²) >= 11 is 0. The van der Waals surface area contributed by atoms with Crippen LogP contribution in [0.5, 0.6) is 5.75 Å². The van der Waals surface area contributed by atoms with E-state index in [4.69, 9.17) is 14.7 Å². The Morgan fingerprint density at radius 2 is 2.39 bits per heavy atom. The Morgan fingerprint density at radius 1 is 1.56 bits per heavy atom. The van der Waals surface area contributed by atoms with E-state index in [-0.39, 0.29) is 17.8 Å². The predicted octanol–water partition coefficient (Wildman–Crippen LogP) is 1.45. The van der Waals surface area contributed by atoms with Gasteiger partial charge in [0.2, 0.25) is 0 Å². The van der Waals surface area contributed by atoms with Crippen LogP contribution in [0.3, 0.4) is 0 Å². The van der Waals surface area contributed by atoms with Gasteiger partial charge in [0.25, 0.3) is 0 Å². The third-order valence-electron chi connectivity index (χ3n) is 2.72. The van der Waals surface area contributed by atoms with Crippen molar-refractivity contribution in [3.63, 3.8) is 0 Å². The van der Waals surface area contributed by atoms with Crippen molar-refractivity contribution in [2.45, 2.75) is 19.1 Å². The van der Waals surface area contributed by atoms with Gasteiger partial charge in [-0.2, -0.15) is 5.26 Å². The summed E-state index contributed by atoms with van der Waals surface area (Å²) in [4.78, 5) is 0. The Hall–Kier alpha value is -1.64. The van der Waals surface area contributed by atoms with Gasteiger partial charge in [-0.05, 0) is 25.1 Å². The van der Waals surface area contributed by atoms with Crippen LogP contribution in [-0.2, 0) is 4.74 Å². The van der Waals surface area contributed by atoms with E-state index in [0.717, 1.165) is 12.6 Å². The number of nitrogens with zero attached hydrogens (tertiary/aromatic N) is 1. The number of rotatable bonds is 3. The molecule has 5 heteroatoms. The zero-order chi connectivity index (χ0) is 13.0. The summed E-state index contributed by atoms with van der Waals surface area (Å²) in [6, 6.07) is 5.82. The zero-order valence-electron chi connectivity index (χ0n) is 10.1. The topological polar surface area (TPSA) is 54.3 Å². The van der Waals surface area contributed by atoms with E-state index in [9.17, 15) is 4.39 Å². The standard InChI is InChI=1S/C13H15FN2O2/c1-9-6-16-7-12(18-9)8-17-13-3-2-11(14)4-10(13)5-15/h2-4,9,12,16H,6-8H2,1H3. The third-order valence-corrected chi connectivity index (χ3v) is 2.72. The Kier molecular flexibility index (Phi) is 4.13. The Labute approximate surface area is 105 Å². The minimum Gasteiger partial charge on any atom is -0.489 e. The van der Waals surface area contributed by atoms with Crippen LogP contribution in [0.25, 0.3) is 0 Å². The molecule has 1 N–H and O–H groups in total. The largest absolute Gasteiger partial charge is 0.489 e. The normalized spacial score (nSPS) is 23.4. The first-order valence-electron chi connectivity index (χ1n) is 5.87. The highest BCUT2D eigenvalue weighted by Gasteiger charge is 2.19. The molecular formula is C13H15FN2O2. The highest BCUT2D eigenvalue weighted by molar-refractivity contribution is 5.43. The fourth-order valence-corrected chi connectivity index (χ4v) is 1.87. The Morgan fingerprint density at radius 3 is 3.11 bits per heavy atom. The highest BCUT2D eigenvalue weighted by Crippen LogP contribution is 2.19. The lowest BCUT2D eigenvalue weighted by Crippen LogP contribution is -2.45. The van der Waals surface area contributed by atoms with Crippen molar-refractivity contribution in [1.29, 1.82) is 5.26 Å². The first-order valence-corrected chi connectivity index (χ1v) is 5.87. The molecule has 18 heavy (non-hydrogen) atoms. The summed E-state index contributed by atoms with van der Waals surface area (Å²) in [5, 5.41) is 12.1. The fourth-order valence-electron chi connectivity index (χ4n) is 1.87. The van der Waals surface area contributed by atoms with Gasteiger partial charge in [-0.15, -0.1) is 0 Å². The van der Waals surface area contributed by atoms with Crippen LogP contribution in [0.15, 0.2) is 18.2 Å². The first kappa shape index (κ1) is 12.8. The van der Waals surface area contributed by atoms with Crippen LogP contribution in [0.1, 0.15) is 12.5 Å². The maximum Gasteiger partial charge on any atom is 0.137 e. The fraction of sp³-hybridized carbons (Fsp3) is 0.462. The van der Waals surface area contributed by atoms with Gasteiger partial charge in [0, 0.05) is 13.1 Å². The van der Waals surface area contributed by atoms with Gasteiger partial charge >= 0.3 is 0 Å². The van der Waals surface area contributed by atoms with Crippen LogP contribution in [0.2, 0.25) is 0 Å². The van der Waals surface area contributed by atoms with Crippen molar-refractivity contribution >= 4 is 0 Å². The summed E-state index contributed by atoms with van der Waals surface area (Å²) in [6.45, 7) is 3.87. The van der Waals surface area contributed by atoms with E-state index in [1.165, 1.54) is 12.1 Å². The SMILES string of the molecule is CC1CNCC(COc2ccc(F)cc2C#N)O1. The summed E-state index contributed by atoms with van der Waals surface area (Å²) in [5.74, 6) is -0.0520. The van der Waals surface area contributed by atoms with Gasteiger partial charge in [0.1, 0.15) is 30.3 Å². The second-order valence-electron chi connectivity index (χ2n) is 4.29. The number of nitrogens with one attached hydrogen (secondary N) is 1. The molecule has 1 saturated heterocycles. The van der Waals surface area contributed by atoms with E-state index < -0.39 is 5.82 Å². The molecule has 1 heterocycles.